The highest BCUT2D eigenvalue weighted by molar-refractivity contribution is 14.1. The number of benzene rings is 1. The number of ketones is 1. The van der Waals surface area contributed by atoms with E-state index in [-0.39, 0.29) is 11.3 Å². The molecule has 1 aromatic carbocycles. The van der Waals surface area contributed by atoms with Crippen LogP contribution in [0.5, 0.6) is 0 Å². The summed E-state index contributed by atoms with van der Waals surface area (Å²) < 4.78 is 13.8. The molecule has 0 aliphatic rings. The predicted molar refractivity (Wildman–Crippen MR) is 53.6 cm³/mol. The molecule has 0 aromatic heterocycles. The molecular weight excluding hydrogens is 270 g/mol. The average molecular weight is 276 g/mol. The molecule has 0 bridgehead atoms. The van der Waals surface area contributed by atoms with Crippen LogP contribution in [-0.2, 0) is 0 Å². The molecule has 0 spiro atoms. The predicted octanol–water partition coefficient (Wildman–Crippen LogP) is 2.80. The van der Waals surface area contributed by atoms with Gasteiger partial charge in [0.15, 0.2) is 5.78 Å². The highest BCUT2D eigenvalue weighted by atomic mass is 127. The number of halogens is 2. The van der Waals surface area contributed by atoms with Crippen molar-refractivity contribution < 1.29 is 9.18 Å². The number of carbonyl (C=O) groups excluding carboxylic acids is 1. The van der Waals surface area contributed by atoms with Gasteiger partial charge in [-0.3, -0.25) is 4.79 Å². The van der Waals surface area contributed by atoms with Crippen molar-refractivity contribution in [3.05, 3.63) is 45.8 Å². The van der Waals surface area contributed by atoms with E-state index in [1.54, 1.807) is 6.07 Å². The van der Waals surface area contributed by atoms with Crippen molar-refractivity contribution in [3.63, 3.8) is 0 Å². The fourth-order valence-electron chi connectivity index (χ4n) is 0.799. The van der Waals surface area contributed by atoms with Gasteiger partial charge in [0.1, 0.15) is 5.82 Å². The molecule has 3 heteroatoms. The van der Waals surface area contributed by atoms with Crippen molar-refractivity contribution in [2.75, 3.05) is 0 Å². The Morgan fingerprint density at radius 2 is 2.25 bits per heavy atom. The van der Waals surface area contributed by atoms with Gasteiger partial charge in [0, 0.05) is 3.57 Å². The fraction of sp³-hybridized carbons (Fsp3) is 0. The molecule has 0 aliphatic carbocycles. The van der Waals surface area contributed by atoms with Gasteiger partial charge in [0.2, 0.25) is 0 Å². The molecule has 0 saturated heterocycles. The first-order valence-corrected chi connectivity index (χ1v) is 4.35. The van der Waals surface area contributed by atoms with E-state index in [0.717, 1.165) is 9.65 Å². The minimum absolute atomic E-state index is 0.0745. The second kappa shape index (κ2) is 3.80. The maximum Gasteiger partial charge on any atom is 0.188 e. The third kappa shape index (κ3) is 1.91. The van der Waals surface area contributed by atoms with E-state index in [9.17, 15) is 9.18 Å². The van der Waals surface area contributed by atoms with Crippen LogP contribution in [0, 0.1) is 9.39 Å². The number of hydrogen-bond donors (Lipinski definition) is 0. The molecular formula is C9H6FIO. The summed E-state index contributed by atoms with van der Waals surface area (Å²) in [4.78, 5) is 11.0. The van der Waals surface area contributed by atoms with Crippen LogP contribution in [0.25, 0.3) is 0 Å². The monoisotopic (exact) mass is 276 g/mol. The fourth-order valence-corrected chi connectivity index (χ4v) is 1.25. The molecule has 0 atom stereocenters. The van der Waals surface area contributed by atoms with Crippen molar-refractivity contribution in [1.29, 1.82) is 0 Å². The topological polar surface area (TPSA) is 17.1 Å². The summed E-state index contributed by atoms with van der Waals surface area (Å²) in [5.74, 6) is -0.879. The zero-order valence-electron chi connectivity index (χ0n) is 6.18. The summed E-state index contributed by atoms with van der Waals surface area (Å²) in [6.45, 7) is 3.28. The van der Waals surface area contributed by atoms with E-state index in [1.165, 1.54) is 12.1 Å². The smallest absolute Gasteiger partial charge is 0.188 e. The van der Waals surface area contributed by atoms with Gasteiger partial charge in [-0.05, 0) is 46.9 Å². The first kappa shape index (κ1) is 9.38. The maximum atomic E-state index is 13.0. The standard InChI is InChI=1S/C9H6FIO/c1-2-9(12)7-4-3-6(11)5-8(7)10/h2-5H,1H2. The largest absolute Gasteiger partial charge is 0.289 e. The highest BCUT2D eigenvalue weighted by Crippen LogP contribution is 2.12. The molecule has 0 heterocycles. The van der Waals surface area contributed by atoms with E-state index >= 15 is 0 Å². The normalized spacial score (nSPS) is 9.50. The molecule has 62 valence electrons. The molecule has 0 unspecified atom stereocenters. The molecule has 0 N–H and O–H groups in total. The van der Waals surface area contributed by atoms with Gasteiger partial charge in [-0.2, -0.15) is 0 Å². The summed E-state index contributed by atoms with van der Waals surface area (Å²) >= 11 is 1.98. The van der Waals surface area contributed by atoms with E-state index in [0.29, 0.717) is 0 Å². The Balaban J connectivity index is 3.18. The Hall–Kier alpha value is -0.710. The molecule has 1 rings (SSSR count). The Kier molecular flexibility index (Phi) is 2.97. The molecule has 0 fully saturated rings. The highest BCUT2D eigenvalue weighted by Gasteiger charge is 2.07. The van der Waals surface area contributed by atoms with Gasteiger partial charge in [-0.25, -0.2) is 4.39 Å². The lowest BCUT2D eigenvalue weighted by Crippen LogP contribution is -1.97. The van der Waals surface area contributed by atoms with Gasteiger partial charge in [-0.15, -0.1) is 0 Å². The lowest BCUT2D eigenvalue weighted by Gasteiger charge is -1.97. The van der Waals surface area contributed by atoms with Gasteiger partial charge in [0.05, 0.1) is 5.56 Å². The van der Waals surface area contributed by atoms with E-state index in [1.807, 2.05) is 22.6 Å². The summed E-state index contributed by atoms with van der Waals surface area (Å²) in [6.07, 6.45) is 1.10. The maximum absolute atomic E-state index is 13.0. The minimum Gasteiger partial charge on any atom is -0.289 e. The van der Waals surface area contributed by atoms with Gasteiger partial charge >= 0.3 is 0 Å². The van der Waals surface area contributed by atoms with E-state index < -0.39 is 5.82 Å². The van der Waals surface area contributed by atoms with Crippen molar-refractivity contribution in [1.82, 2.24) is 0 Å². The van der Waals surface area contributed by atoms with Crippen LogP contribution in [-0.4, -0.2) is 5.78 Å². The van der Waals surface area contributed by atoms with Crippen molar-refractivity contribution in [2.45, 2.75) is 0 Å². The quantitative estimate of drug-likeness (QED) is 0.461. The SMILES string of the molecule is C=CC(=O)c1ccc(I)cc1F. The summed E-state index contributed by atoms with van der Waals surface area (Å²) in [6, 6.07) is 4.46. The molecule has 1 nitrogen and oxygen atoms in total. The zero-order chi connectivity index (χ0) is 9.14. The number of rotatable bonds is 2. The molecule has 0 aliphatic heterocycles. The summed E-state index contributed by atoms with van der Waals surface area (Å²) in [7, 11) is 0. The van der Waals surface area contributed by atoms with Gasteiger partial charge in [-0.1, -0.05) is 6.58 Å². The lowest BCUT2D eigenvalue weighted by molar-refractivity contribution is 0.104. The summed E-state index contributed by atoms with van der Waals surface area (Å²) in [5.41, 5.74) is 0.0745. The molecule has 0 amide bonds. The average Bonchev–Trinajstić information content (AvgIpc) is 2.03. The first-order chi connectivity index (χ1) is 5.65. The van der Waals surface area contributed by atoms with Crippen LogP contribution in [0.1, 0.15) is 10.4 Å². The Bertz CT molecular complexity index is 333. The Morgan fingerprint density at radius 1 is 1.58 bits per heavy atom. The van der Waals surface area contributed by atoms with Crippen LogP contribution in [0.15, 0.2) is 30.9 Å². The second-order valence-electron chi connectivity index (χ2n) is 2.19. The third-order valence-electron chi connectivity index (χ3n) is 1.38. The van der Waals surface area contributed by atoms with Crippen molar-refractivity contribution in [2.24, 2.45) is 0 Å². The van der Waals surface area contributed by atoms with Crippen molar-refractivity contribution in [3.8, 4) is 0 Å². The van der Waals surface area contributed by atoms with Crippen LogP contribution in [0.3, 0.4) is 0 Å². The minimum atomic E-state index is -0.494. The molecule has 0 radical (unpaired) electrons. The first-order valence-electron chi connectivity index (χ1n) is 3.27. The van der Waals surface area contributed by atoms with Crippen LogP contribution < -0.4 is 0 Å². The van der Waals surface area contributed by atoms with E-state index in [4.69, 9.17) is 0 Å². The summed E-state index contributed by atoms with van der Waals surface area (Å²) in [5, 5.41) is 0. The van der Waals surface area contributed by atoms with Crippen molar-refractivity contribution >= 4 is 28.4 Å². The van der Waals surface area contributed by atoms with Crippen LogP contribution in [0.2, 0.25) is 0 Å². The second-order valence-corrected chi connectivity index (χ2v) is 3.44. The Labute approximate surface area is 83.4 Å². The molecule has 1 aromatic rings. The molecule has 0 saturated carbocycles. The van der Waals surface area contributed by atoms with Gasteiger partial charge in [0.25, 0.3) is 0 Å². The van der Waals surface area contributed by atoms with Crippen LogP contribution in [0.4, 0.5) is 4.39 Å². The number of hydrogen-bond acceptors (Lipinski definition) is 1. The van der Waals surface area contributed by atoms with Gasteiger partial charge < -0.3 is 0 Å². The number of carbonyl (C=O) groups is 1. The molecule has 12 heavy (non-hydrogen) atoms. The number of allylic oxidation sites excluding steroid dienone is 1. The third-order valence-corrected chi connectivity index (χ3v) is 2.05. The lowest BCUT2D eigenvalue weighted by atomic mass is 10.1. The van der Waals surface area contributed by atoms with E-state index in [2.05, 4.69) is 6.58 Å². The Morgan fingerprint density at radius 3 is 2.75 bits per heavy atom. The zero-order valence-corrected chi connectivity index (χ0v) is 8.34. The van der Waals surface area contributed by atoms with Crippen LogP contribution >= 0.6 is 22.6 Å².